The summed E-state index contributed by atoms with van der Waals surface area (Å²) in [6, 6.07) is 14.7. The minimum absolute atomic E-state index is 0.105. The highest BCUT2D eigenvalue weighted by Crippen LogP contribution is 2.25. The predicted octanol–water partition coefficient (Wildman–Crippen LogP) is 3.68. The normalized spacial score (nSPS) is 11.7. The van der Waals surface area contributed by atoms with Crippen molar-refractivity contribution in [2.75, 3.05) is 5.32 Å². The molecule has 150 valence electrons. The van der Waals surface area contributed by atoms with E-state index in [1.54, 1.807) is 29.1 Å². The summed E-state index contributed by atoms with van der Waals surface area (Å²) < 4.78 is 1.78. The number of benzene rings is 2. The maximum Gasteiger partial charge on any atom is 0.233 e. The maximum atomic E-state index is 12.5. The molecule has 0 fully saturated rings. The minimum atomic E-state index is -0.372. The molecule has 0 aliphatic heterocycles. The Morgan fingerprint density at radius 2 is 1.97 bits per heavy atom. The second-order valence-corrected chi connectivity index (χ2v) is 8.06. The van der Waals surface area contributed by atoms with Gasteiger partial charge in [-0.2, -0.15) is 0 Å². The van der Waals surface area contributed by atoms with Crippen LogP contribution in [-0.2, 0) is 16.1 Å². The fraction of sp³-hybridized carbons (Fsp3) is 0.200. The molecule has 2 amide bonds. The van der Waals surface area contributed by atoms with Crippen molar-refractivity contribution in [1.29, 1.82) is 0 Å². The highest BCUT2D eigenvalue weighted by atomic mass is 35.5. The van der Waals surface area contributed by atoms with Gasteiger partial charge >= 0.3 is 0 Å². The van der Waals surface area contributed by atoms with Gasteiger partial charge in [0, 0.05) is 24.2 Å². The van der Waals surface area contributed by atoms with Crippen LogP contribution in [0.4, 0.5) is 5.69 Å². The molecule has 9 heteroatoms. The zero-order chi connectivity index (χ0) is 20.8. The second kappa shape index (κ2) is 9.58. The van der Waals surface area contributed by atoms with Crippen LogP contribution in [0.25, 0.3) is 5.69 Å². The van der Waals surface area contributed by atoms with Crippen molar-refractivity contribution in [3.05, 3.63) is 65.4 Å². The summed E-state index contributed by atoms with van der Waals surface area (Å²) in [5.41, 5.74) is 2.43. The number of carbonyl (C=O) groups excluding carboxylic acids is 2. The molecule has 0 bridgehead atoms. The number of halogens is 1. The Hall–Kier alpha value is -2.84. The molecule has 3 aromatic rings. The van der Waals surface area contributed by atoms with E-state index in [9.17, 15) is 9.59 Å². The monoisotopic (exact) mass is 429 g/mol. The van der Waals surface area contributed by atoms with Gasteiger partial charge in [-0.1, -0.05) is 41.6 Å². The van der Waals surface area contributed by atoms with E-state index in [4.69, 9.17) is 11.6 Å². The summed E-state index contributed by atoms with van der Waals surface area (Å²) in [7, 11) is 0. The fourth-order valence-electron chi connectivity index (χ4n) is 2.57. The molecular formula is C20H20ClN5O2S. The van der Waals surface area contributed by atoms with Gasteiger partial charge in [0.2, 0.25) is 11.8 Å². The Kier molecular flexibility index (Phi) is 6.90. The number of anilines is 1. The van der Waals surface area contributed by atoms with Crippen LogP contribution in [-0.4, -0.2) is 31.8 Å². The summed E-state index contributed by atoms with van der Waals surface area (Å²) in [6.45, 7) is 3.69. The van der Waals surface area contributed by atoms with Gasteiger partial charge in [0.1, 0.15) is 6.33 Å². The third-order valence-electron chi connectivity index (χ3n) is 3.99. The predicted molar refractivity (Wildman–Crippen MR) is 114 cm³/mol. The zero-order valence-electron chi connectivity index (χ0n) is 15.9. The Bertz CT molecular complexity index is 1010. The van der Waals surface area contributed by atoms with Crippen molar-refractivity contribution in [2.45, 2.75) is 30.8 Å². The largest absolute Gasteiger partial charge is 0.351 e. The number of rotatable bonds is 7. The molecule has 1 unspecified atom stereocenters. The molecular weight excluding hydrogens is 410 g/mol. The van der Waals surface area contributed by atoms with Gasteiger partial charge in [-0.05, 0) is 42.8 Å². The van der Waals surface area contributed by atoms with Crippen LogP contribution in [0, 0.1) is 0 Å². The van der Waals surface area contributed by atoms with Crippen molar-refractivity contribution in [2.24, 2.45) is 0 Å². The van der Waals surface area contributed by atoms with E-state index in [0.717, 1.165) is 11.3 Å². The third kappa shape index (κ3) is 5.82. The molecule has 2 aromatic carbocycles. The van der Waals surface area contributed by atoms with Crippen LogP contribution in [0.15, 0.2) is 60.0 Å². The number of amides is 2. The number of carbonyl (C=O) groups is 2. The lowest BCUT2D eigenvalue weighted by atomic mass is 10.2. The first-order valence-electron chi connectivity index (χ1n) is 8.89. The SMILES string of the molecule is CC(=O)Nc1cccc(-n2cnnc2SC(C)C(=O)NCc2ccc(Cl)cc2)c1. The molecule has 2 N–H and O–H groups in total. The van der Waals surface area contributed by atoms with Gasteiger partial charge < -0.3 is 10.6 Å². The third-order valence-corrected chi connectivity index (χ3v) is 5.30. The quantitative estimate of drug-likeness (QED) is 0.559. The summed E-state index contributed by atoms with van der Waals surface area (Å²) in [5.74, 6) is -0.252. The van der Waals surface area contributed by atoms with E-state index >= 15 is 0 Å². The van der Waals surface area contributed by atoms with Crippen molar-refractivity contribution in [3.63, 3.8) is 0 Å². The van der Waals surface area contributed by atoms with Crippen molar-refractivity contribution >= 4 is 40.9 Å². The Morgan fingerprint density at radius 3 is 2.69 bits per heavy atom. The minimum Gasteiger partial charge on any atom is -0.351 e. The fourth-order valence-corrected chi connectivity index (χ4v) is 3.56. The van der Waals surface area contributed by atoms with E-state index in [2.05, 4.69) is 20.8 Å². The van der Waals surface area contributed by atoms with Crippen LogP contribution in [0.3, 0.4) is 0 Å². The molecule has 3 rings (SSSR count). The lowest BCUT2D eigenvalue weighted by molar-refractivity contribution is -0.120. The highest BCUT2D eigenvalue weighted by Gasteiger charge is 2.18. The van der Waals surface area contributed by atoms with Crippen LogP contribution >= 0.6 is 23.4 Å². The van der Waals surface area contributed by atoms with E-state index in [1.807, 2.05) is 37.3 Å². The first kappa shape index (κ1) is 20.9. The number of nitrogens with zero attached hydrogens (tertiary/aromatic N) is 3. The number of thioether (sulfide) groups is 1. The number of hydrogen-bond acceptors (Lipinski definition) is 5. The smallest absolute Gasteiger partial charge is 0.233 e. The summed E-state index contributed by atoms with van der Waals surface area (Å²) in [6.07, 6.45) is 1.58. The number of hydrogen-bond donors (Lipinski definition) is 2. The molecule has 0 saturated heterocycles. The van der Waals surface area contributed by atoms with Crippen molar-refractivity contribution in [3.8, 4) is 5.69 Å². The standard InChI is InChI=1S/C20H20ClN5O2S/c1-13(19(28)22-11-15-6-8-16(21)9-7-15)29-20-25-23-12-26(20)18-5-3-4-17(10-18)24-14(2)27/h3-10,12-13H,11H2,1-2H3,(H,22,28)(H,24,27). The topological polar surface area (TPSA) is 88.9 Å². The summed E-state index contributed by atoms with van der Waals surface area (Å²) >= 11 is 7.18. The van der Waals surface area contributed by atoms with Gasteiger partial charge in [-0.25, -0.2) is 0 Å². The molecule has 29 heavy (non-hydrogen) atoms. The van der Waals surface area contributed by atoms with E-state index in [0.29, 0.717) is 22.4 Å². The number of nitrogens with one attached hydrogen (secondary N) is 2. The molecule has 0 aliphatic carbocycles. The van der Waals surface area contributed by atoms with Crippen LogP contribution in [0.5, 0.6) is 0 Å². The molecule has 1 atom stereocenters. The van der Waals surface area contributed by atoms with Crippen LogP contribution < -0.4 is 10.6 Å². The molecule has 0 saturated carbocycles. The molecule has 1 aromatic heterocycles. The lowest BCUT2D eigenvalue weighted by Gasteiger charge is -2.13. The van der Waals surface area contributed by atoms with Crippen molar-refractivity contribution < 1.29 is 9.59 Å². The Morgan fingerprint density at radius 1 is 1.21 bits per heavy atom. The maximum absolute atomic E-state index is 12.5. The van der Waals surface area contributed by atoms with Gasteiger partial charge in [0.25, 0.3) is 0 Å². The highest BCUT2D eigenvalue weighted by molar-refractivity contribution is 8.00. The van der Waals surface area contributed by atoms with Crippen LogP contribution in [0.2, 0.25) is 5.02 Å². The van der Waals surface area contributed by atoms with E-state index in [-0.39, 0.29) is 17.1 Å². The average molecular weight is 430 g/mol. The van der Waals surface area contributed by atoms with Crippen molar-refractivity contribution in [1.82, 2.24) is 20.1 Å². The van der Waals surface area contributed by atoms with Gasteiger partial charge in [0.05, 0.1) is 10.9 Å². The second-order valence-electron chi connectivity index (χ2n) is 6.32. The zero-order valence-corrected chi connectivity index (χ0v) is 17.5. The van der Waals surface area contributed by atoms with Gasteiger partial charge in [0.15, 0.2) is 5.16 Å². The van der Waals surface area contributed by atoms with Gasteiger partial charge in [-0.15, -0.1) is 10.2 Å². The van der Waals surface area contributed by atoms with Gasteiger partial charge in [-0.3, -0.25) is 14.2 Å². The number of aromatic nitrogens is 3. The first-order valence-corrected chi connectivity index (χ1v) is 10.1. The van der Waals surface area contributed by atoms with E-state index in [1.165, 1.54) is 18.7 Å². The average Bonchev–Trinajstić information content (AvgIpc) is 3.15. The molecule has 0 spiro atoms. The molecule has 0 aliphatic rings. The Labute approximate surface area is 177 Å². The van der Waals surface area contributed by atoms with Crippen LogP contribution in [0.1, 0.15) is 19.4 Å². The van der Waals surface area contributed by atoms with E-state index < -0.39 is 0 Å². The molecule has 0 radical (unpaired) electrons. The summed E-state index contributed by atoms with van der Waals surface area (Å²) in [4.78, 5) is 23.8. The Balaban J connectivity index is 1.65. The summed E-state index contributed by atoms with van der Waals surface area (Å²) in [5, 5.41) is 14.6. The first-order chi connectivity index (χ1) is 13.9. The molecule has 7 nitrogen and oxygen atoms in total. The lowest BCUT2D eigenvalue weighted by Crippen LogP contribution is -2.30. The molecule has 1 heterocycles.